The van der Waals surface area contributed by atoms with Gasteiger partial charge in [-0.25, -0.2) is 17.5 Å². The molecule has 0 aliphatic heterocycles. The molecule has 0 unspecified atom stereocenters. The van der Waals surface area contributed by atoms with Crippen LogP contribution in [0.1, 0.15) is 6.92 Å². The third-order valence-electron chi connectivity index (χ3n) is 0.592. The van der Waals surface area contributed by atoms with Gasteiger partial charge in [0.25, 0.3) is 9.46 Å². The van der Waals surface area contributed by atoms with Crippen LogP contribution in [0.2, 0.25) is 0 Å². The minimum atomic E-state index is -3.78. The first-order valence-electron chi connectivity index (χ1n) is 1.88. The largest absolute Gasteiger partial charge is 0.435 e. The van der Waals surface area contributed by atoms with Gasteiger partial charge in [-0.2, -0.15) is 0 Å². The molecule has 0 amide bonds. The molecule has 0 aromatic heterocycles. The Bertz CT molecular complexity index is 214. The second-order valence-corrected chi connectivity index (χ2v) is 5.85. The van der Waals surface area contributed by atoms with E-state index in [-0.39, 0.29) is 5.75 Å². The highest BCUT2D eigenvalue weighted by molar-refractivity contribution is 8.41. The van der Waals surface area contributed by atoms with Crippen molar-refractivity contribution in [3.8, 4) is 0 Å². The Morgan fingerprint density at radius 1 is 1.38 bits per heavy atom. The Kier molecular flexibility index (Phi) is 2.37. The molecule has 0 rings (SSSR count). The van der Waals surface area contributed by atoms with Gasteiger partial charge in [0, 0.05) is 0 Å². The molecule has 0 radical (unpaired) electrons. The zero-order valence-corrected chi connectivity index (χ0v) is 5.91. The Balaban J connectivity index is 4.69. The molecule has 0 saturated heterocycles. The number of hydrogen-bond acceptors (Lipinski definition) is 4. The zero-order chi connectivity index (χ0) is 6.78. The Hall–Kier alpha value is -0.150. The lowest BCUT2D eigenvalue weighted by Crippen LogP contribution is -1.91. The van der Waals surface area contributed by atoms with Crippen LogP contribution in [0.3, 0.4) is 0 Å². The van der Waals surface area contributed by atoms with Crippen LogP contribution >= 0.6 is 6.88 Å². The standard InChI is InChI=1S/C2H5O4PS/c1-2-8(5,6)7(3)4/h2H2,1H3. The molecule has 0 atom stereocenters. The smallest absolute Gasteiger partial charge is 0.220 e. The van der Waals surface area contributed by atoms with Crippen LogP contribution in [-0.2, 0) is 18.6 Å². The third-order valence-corrected chi connectivity index (χ3v) is 3.91. The van der Waals surface area contributed by atoms with Crippen molar-refractivity contribution >= 4 is 16.3 Å². The van der Waals surface area contributed by atoms with Crippen molar-refractivity contribution in [2.45, 2.75) is 6.92 Å². The second kappa shape index (κ2) is 2.42. The zero-order valence-electron chi connectivity index (χ0n) is 4.20. The Morgan fingerprint density at radius 2 is 1.75 bits per heavy atom. The Morgan fingerprint density at radius 3 is 1.75 bits per heavy atom. The molecule has 0 heterocycles. The van der Waals surface area contributed by atoms with Crippen LogP contribution in [-0.4, -0.2) is 14.2 Å². The van der Waals surface area contributed by atoms with Gasteiger partial charge >= 0.3 is 6.88 Å². The maximum Gasteiger partial charge on any atom is 0.435 e. The van der Waals surface area contributed by atoms with Crippen molar-refractivity contribution in [2.24, 2.45) is 0 Å². The van der Waals surface area contributed by atoms with E-state index in [0.29, 0.717) is 0 Å². The number of rotatable bonds is 2. The van der Waals surface area contributed by atoms with E-state index in [1.54, 1.807) is 0 Å². The molecule has 8 heavy (non-hydrogen) atoms. The summed E-state index contributed by atoms with van der Waals surface area (Å²) in [7, 11) is -3.78. The van der Waals surface area contributed by atoms with E-state index >= 15 is 0 Å². The van der Waals surface area contributed by atoms with Gasteiger partial charge in [-0.15, -0.1) is 0 Å². The van der Waals surface area contributed by atoms with Crippen LogP contribution in [0.25, 0.3) is 0 Å². The molecule has 6 heteroatoms. The van der Waals surface area contributed by atoms with Crippen LogP contribution in [0.4, 0.5) is 0 Å². The van der Waals surface area contributed by atoms with Crippen molar-refractivity contribution in [3.05, 3.63) is 0 Å². The van der Waals surface area contributed by atoms with Gasteiger partial charge in [0.15, 0.2) is 0 Å². The lowest BCUT2D eigenvalue weighted by atomic mass is 11.0. The van der Waals surface area contributed by atoms with E-state index in [0.717, 1.165) is 0 Å². The highest BCUT2D eigenvalue weighted by Gasteiger charge is 2.12. The van der Waals surface area contributed by atoms with Crippen LogP contribution in [0, 0.1) is 0 Å². The SMILES string of the molecule is CCS(=O)(=O)P(=O)=O. The normalized spacial score (nSPS) is 11.1. The molecule has 0 aromatic carbocycles. The first kappa shape index (κ1) is 7.85. The summed E-state index contributed by atoms with van der Waals surface area (Å²) in [4.78, 5) is 0. The maximum absolute atomic E-state index is 10.1. The monoisotopic (exact) mass is 156 g/mol. The molecule has 0 saturated carbocycles. The van der Waals surface area contributed by atoms with E-state index in [9.17, 15) is 17.5 Å². The summed E-state index contributed by atoms with van der Waals surface area (Å²) in [6.45, 7) is -1.99. The van der Waals surface area contributed by atoms with Crippen molar-refractivity contribution in [1.82, 2.24) is 0 Å². The van der Waals surface area contributed by atoms with Gasteiger partial charge < -0.3 is 0 Å². The molecule has 0 fully saturated rings. The molecule has 0 aliphatic carbocycles. The van der Waals surface area contributed by atoms with Crippen molar-refractivity contribution in [1.29, 1.82) is 0 Å². The first-order valence-corrected chi connectivity index (χ1v) is 5.31. The van der Waals surface area contributed by atoms with Gasteiger partial charge in [0.1, 0.15) is 0 Å². The van der Waals surface area contributed by atoms with Gasteiger partial charge in [0.2, 0.25) is 0 Å². The minimum Gasteiger partial charge on any atom is -0.220 e. The van der Waals surface area contributed by atoms with Gasteiger partial charge in [0.05, 0.1) is 5.75 Å². The summed E-state index contributed by atoms with van der Waals surface area (Å²) in [6.07, 6.45) is 0. The average molecular weight is 156 g/mol. The Labute approximate surface area is 47.4 Å². The van der Waals surface area contributed by atoms with Crippen LogP contribution < -0.4 is 0 Å². The summed E-state index contributed by atoms with van der Waals surface area (Å²) in [5.74, 6) is -0.342. The minimum absolute atomic E-state index is 0.342. The summed E-state index contributed by atoms with van der Waals surface area (Å²) < 4.78 is 39.6. The van der Waals surface area contributed by atoms with Crippen molar-refractivity contribution in [2.75, 3.05) is 5.75 Å². The molecule has 0 spiro atoms. The van der Waals surface area contributed by atoms with Gasteiger partial charge in [-0.05, 0) is 0 Å². The van der Waals surface area contributed by atoms with E-state index in [2.05, 4.69) is 0 Å². The highest BCUT2D eigenvalue weighted by atomic mass is 32.8. The van der Waals surface area contributed by atoms with Crippen LogP contribution in [0.5, 0.6) is 0 Å². The lowest BCUT2D eigenvalue weighted by Gasteiger charge is -1.79. The molecule has 48 valence electrons. The lowest BCUT2D eigenvalue weighted by molar-refractivity contribution is 0.520. The molecule has 0 aromatic rings. The number of hydrogen-bond donors (Lipinski definition) is 0. The first-order chi connectivity index (χ1) is 3.50. The van der Waals surface area contributed by atoms with E-state index in [1.165, 1.54) is 6.92 Å². The van der Waals surface area contributed by atoms with Gasteiger partial charge in [-0.3, -0.25) is 0 Å². The van der Waals surface area contributed by atoms with Crippen molar-refractivity contribution < 1.29 is 17.5 Å². The quantitative estimate of drug-likeness (QED) is 0.546. The van der Waals surface area contributed by atoms with E-state index < -0.39 is 16.3 Å². The summed E-state index contributed by atoms with van der Waals surface area (Å²) in [5.41, 5.74) is 0. The molecular formula is C2H5O4PS. The molecule has 0 aliphatic rings. The third kappa shape index (κ3) is 1.76. The summed E-state index contributed by atoms with van der Waals surface area (Å²) in [5, 5.41) is 0. The molecule has 4 nitrogen and oxygen atoms in total. The average Bonchev–Trinajstić information content (AvgIpc) is 1.67. The molecule has 0 N–H and O–H groups in total. The fraction of sp³-hybridized carbons (Fsp3) is 1.00. The van der Waals surface area contributed by atoms with Crippen molar-refractivity contribution in [3.63, 3.8) is 0 Å². The fourth-order valence-electron chi connectivity index (χ4n) is 0.105. The molecular weight excluding hydrogens is 151 g/mol. The second-order valence-electron chi connectivity index (χ2n) is 1.09. The summed E-state index contributed by atoms with van der Waals surface area (Å²) >= 11 is 0. The van der Waals surface area contributed by atoms with Crippen LogP contribution in [0.15, 0.2) is 0 Å². The van der Waals surface area contributed by atoms with E-state index in [1.807, 2.05) is 0 Å². The fourth-order valence-corrected chi connectivity index (χ4v) is 0.949. The van der Waals surface area contributed by atoms with E-state index in [4.69, 9.17) is 0 Å². The summed E-state index contributed by atoms with van der Waals surface area (Å²) in [6, 6.07) is 0. The molecule has 0 bridgehead atoms. The predicted octanol–water partition coefficient (Wildman–Crippen LogP) is 0.509. The highest BCUT2D eigenvalue weighted by Crippen LogP contribution is 2.14. The maximum atomic E-state index is 10.1. The topological polar surface area (TPSA) is 68.3 Å². The van der Waals surface area contributed by atoms with Gasteiger partial charge in [-0.1, -0.05) is 6.92 Å². The predicted molar refractivity (Wildman–Crippen MR) is 27.8 cm³/mol.